The summed E-state index contributed by atoms with van der Waals surface area (Å²) in [6, 6.07) is 0. The lowest BCUT2D eigenvalue weighted by Crippen LogP contribution is -2.30. The van der Waals surface area contributed by atoms with Gasteiger partial charge in [0.15, 0.2) is 6.10 Å². The maximum Gasteiger partial charge on any atom is 0.472 e. The van der Waals surface area contributed by atoms with Crippen LogP contribution in [0.3, 0.4) is 0 Å². The van der Waals surface area contributed by atoms with Gasteiger partial charge < -0.3 is 34.2 Å². The third-order valence-electron chi connectivity index (χ3n) is 20.2. The second-order valence-electron chi connectivity index (χ2n) is 31.8. The molecule has 0 bridgehead atoms. The second-order valence-corrected chi connectivity index (χ2v) is 34.7. The van der Waals surface area contributed by atoms with Crippen LogP contribution in [0.25, 0.3) is 0 Å². The minimum absolute atomic E-state index is 0.0924. The Morgan fingerprint density at radius 3 is 0.706 bits per heavy atom. The molecule has 5 unspecified atom stereocenters. The minimum Gasteiger partial charge on any atom is -0.463 e. The number of unbranched alkanes of at least 4 members (excludes halogenated alkanes) is 41. The molecule has 0 aliphatic heterocycles. The van der Waals surface area contributed by atoms with E-state index in [2.05, 4.69) is 179 Å². The van der Waals surface area contributed by atoms with Crippen LogP contribution < -0.4 is 0 Å². The van der Waals surface area contributed by atoms with Gasteiger partial charge in [0.05, 0.1) is 26.4 Å². The Labute approximate surface area is 727 Å². The number of aliphatic hydroxyl groups is 2. The Balaban J connectivity index is 4.48. The zero-order chi connectivity index (χ0) is 86.5. The van der Waals surface area contributed by atoms with E-state index in [0.29, 0.717) is 19.3 Å². The standard InChI is InChI=1S/C101H174O16P2/c1-4-7-10-13-16-19-22-25-28-31-33-35-37-39-41-43-45-47-49-51-53-55-57-59-61-64-66-69-72-75-78-81-84-87-99(104)111-90-96(102)91-113-118(107,108)114-92-97(103)93-115-119(109,110)116-95-98(117-101(106)89-86-83-80-77-74-71-68-63-30-27-24-21-18-15-12-9-6-3)94-112-100(105)88-85-82-79-76-73-70-67-65-62-60-58-56-54-52-50-48-46-44-42-40-38-36-34-32-29-26-23-20-17-14-11-8-5-2/h7,9-10,12,16-21,25-30,33-36,39-42,45,47,96-98,102-103H,4-6,8,11,13-15,22-24,31-32,37-38,43-44,46,48-95H2,1-3H3,(H,107,108)(H,109,110)/b10-7-,12-9-,19-16-,20-17-,21-18-,28-25-,29-26-,30-27-,35-33-,36-34-,41-39-,42-40-,47-45-. The van der Waals surface area contributed by atoms with Gasteiger partial charge in [-0.15, -0.1) is 0 Å². The fourth-order valence-electron chi connectivity index (χ4n) is 13.0. The Morgan fingerprint density at radius 1 is 0.244 bits per heavy atom. The molecule has 684 valence electrons. The predicted molar refractivity (Wildman–Crippen MR) is 500 cm³/mol. The van der Waals surface area contributed by atoms with Crippen LogP contribution in [0.4, 0.5) is 0 Å². The molecule has 119 heavy (non-hydrogen) atoms. The van der Waals surface area contributed by atoms with Gasteiger partial charge in [0.25, 0.3) is 0 Å². The molecule has 0 aliphatic carbocycles. The summed E-state index contributed by atoms with van der Waals surface area (Å²) in [5.41, 5.74) is 0. The van der Waals surface area contributed by atoms with E-state index in [1.165, 1.54) is 180 Å². The molecular formula is C101H174O16P2. The van der Waals surface area contributed by atoms with Crippen molar-refractivity contribution in [2.75, 3.05) is 39.6 Å². The summed E-state index contributed by atoms with van der Waals surface area (Å²) in [5.74, 6) is -1.57. The van der Waals surface area contributed by atoms with Crippen LogP contribution in [-0.2, 0) is 55.8 Å². The Kier molecular flexibility index (Phi) is 88.6. The molecule has 0 aromatic rings. The van der Waals surface area contributed by atoms with Crippen LogP contribution in [-0.4, -0.2) is 95.9 Å². The SMILES string of the molecule is CC/C=C\C/C=C\C/C=C\C/C=C\C/C=C\C/C=C\CCCCCCCCCCCCCCCCC(=O)OCC(O)COP(=O)(O)OCC(O)COP(=O)(O)OCC(COC(=O)CCCCCCCCCCCCCCCCCCC/C=C\C/C=C\C/C=C\C/C=C\CCCCC)OC(=O)CCCCCCCCC/C=C\C/C=C\C/C=C\CC. The maximum absolute atomic E-state index is 13.1. The minimum atomic E-state index is -4.94. The normalized spacial score (nSPS) is 14.4. The van der Waals surface area contributed by atoms with Gasteiger partial charge in [0.1, 0.15) is 25.4 Å². The molecule has 0 saturated heterocycles. The molecule has 0 heterocycles. The van der Waals surface area contributed by atoms with Gasteiger partial charge >= 0.3 is 33.6 Å². The molecule has 0 radical (unpaired) electrons. The third kappa shape index (κ3) is 93.7. The molecule has 4 N–H and O–H groups in total. The van der Waals surface area contributed by atoms with E-state index in [1.54, 1.807) is 0 Å². The summed E-state index contributed by atoms with van der Waals surface area (Å²) >= 11 is 0. The van der Waals surface area contributed by atoms with Crippen LogP contribution in [0, 0.1) is 0 Å². The van der Waals surface area contributed by atoms with Gasteiger partial charge in [-0.05, 0) is 148 Å². The largest absolute Gasteiger partial charge is 0.472 e. The predicted octanol–water partition coefficient (Wildman–Crippen LogP) is 29.7. The van der Waals surface area contributed by atoms with Crippen LogP contribution in [0.2, 0.25) is 0 Å². The van der Waals surface area contributed by atoms with E-state index in [-0.39, 0.29) is 19.3 Å². The van der Waals surface area contributed by atoms with E-state index in [9.17, 15) is 43.5 Å². The van der Waals surface area contributed by atoms with Crippen molar-refractivity contribution in [3.05, 3.63) is 158 Å². The highest BCUT2D eigenvalue weighted by Crippen LogP contribution is 2.45. The molecule has 0 aromatic heterocycles. The van der Waals surface area contributed by atoms with E-state index < -0.39 is 91.5 Å². The van der Waals surface area contributed by atoms with Gasteiger partial charge in [-0.1, -0.05) is 397 Å². The number of carbonyl (C=O) groups excluding carboxylic acids is 3. The zero-order valence-electron chi connectivity index (χ0n) is 75.5. The monoisotopic (exact) mass is 1710 g/mol. The number of phosphoric acid groups is 2. The molecule has 0 saturated carbocycles. The van der Waals surface area contributed by atoms with Crippen molar-refractivity contribution in [1.82, 2.24) is 0 Å². The van der Waals surface area contributed by atoms with Gasteiger partial charge in [-0.25, -0.2) is 9.13 Å². The molecule has 0 rings (SSSR count). The summed E-state index contributed by atoms with van der Waals surface area (Å²) < 4.78 is 61.5. The first kappa shape index (κ1) is 114. The van der Waals surface area contributed by atoms with Gasteiger partial charge in [-0.3, -0.25) is 32.5 Å². The number of rotatable bonds is 90. The average Bonchev–Trinajstić information content (AvgIpc) is 0.899. The van der Waals surface area contributed by atoms with Crippen LogP contribution in [0.5, 0.6) is 0 Å². The molecule has 0 spiro atoms. The highest BCUT2D eigenvalue weighted by molar-refractivity contribution is 7.47. The Morgan fingerprint density at radius 2 is 0.445 bits per heavy atom. The van der Waals surface area contributed by atoms with Crippen molar-refractivity contribution in [3.63, 3.8) is 0 Å². The molecule has 0 amide bonds. The summed E-state index contributed by atoms with van der Waals surface area (Å²) in [7, 11) is -9.81. The lowest BCUT2D eigenvalue weighted by molar-refractivity contribution is -0.161. The Hall–Kier alpha value is -4.83. The van der Waals surface area contributed by atoms with Crippen molar-refractivity contribution < 1.29 is 75.8 Å². The number of ether oxygens (including phenoxy) is 3. The molecule has 0 fully saturated rings. The molecule has 18 heteroatoms. The first-order valence-electron chi connectivity index (χ1n) is 47.8. The third-order valence-corrected chi connectivity index (χ3v) is 22.1. The zero-order valence-corrected chi connectivity index (χ0v) is 77.3. The lowest BCUT2D eigenvalue weighted by Gasteiger charge is -2.21. The number of hydrogen-bond donors (Lipinski definition) is 4. The van der Waals surface area contributed by atoms with Crippen molar-refractivity contribution in [1.29, 1.82) is 0 Å². The molecule has 0 aliphatic rings. The molecule has 5 atom stereocenters. The fourth-order valence-corrected chi connectivity index (χ4v) is 14.6. The van der Waals surface area contributed by atoms with Gasteiger partial charge in [0.2, 0.25) is 0 Å². The van der Waals surface area contributed by atoms with E-state index >= 15 is 0 Å². The maximum atomic E-state index is 13.1. The number of phosphoric ester groups is 2. The summed E-state index contributed by atoms with van der Waals surface area (Å²) in [5, 5.41) is 20.7. The summed E-state index contributed by atoms with van der Waals surface area (Å²) in [4.78, 5) is 59.0. The quantitative estimate of drug-likeness (QED) is 0.0146. The van der Waals surface area contributed by atoms with Crippen molar-refractivity contribution in [2.45, 2.75) is 424 Å². The highest BCUT2D eigenvalue weighted by atomic mass is 31.2. The average molecular weight is 1710 g/mol. The van der Waals surface area contributed by atoms with Crippen molar-refractivity contribution in [3.8, 4) is 0 Å². The smallest absolute Gasteiger partial charge is 0.463 e. The van der Waals surface area contributed by atoms with Crippen molar-refractivity contribution >= 4 is 33.6 Å². The second kappa shape index (κ2) is 92.4. The highest BCUT2D eigenvalue weighted by Gasteiger charge is 2.30. The van der Waals surface area contributed by atoms with Crippen molar-refractivity contribution in [2.24, 2.45) is 0 Å². The molecular weight excluding hydrogens is 1530 g/mol. The Bertz CT molecular complexity index is 2790. The first-order chi connectivity index (χ1) is 58.2. The fraction of sp³-hybridized carbons (Fsp3) is 0.713. The number of hydrogen-bond acceptors (Lipinski definition) is 14. The summed E-state index contributed by atoms with van der Waals surface area (Å²) in [6.07, 6.45) is 119. The number of allylic oxidation sites excluding steroid dienone is 26. The van der Waals surface area contributed by atoms with Gasteiger partial charge in [0, 0.05) is 19.3 Å². The van der Waals surface area contributed by atoms with E-state index in [1.807, 2.05) is 0 Å². The van der Waals surface area contributed by atoms with Crippen LogP contribution in [0.15, 0.2) is 158 Å². The van der Waals surface area contributed by atoms with Crippen LogP contribution in [0.1, 0.15) is 406 Å². The summed E-state index contributed by atoms with van der Waals surface area (Å²) in [6.45, 7) is 2.47. The van der Waals surface area contributed by atoms with E-state index in [4.69, 9.17) is 32.3 Å². The lowest BCUT2D eigenvalue weighted by atomic mass is 10.0. The molecule has 0 aromatic carbocycles. The number of esters is 3. The van der Waals surface area contributed by atoms with Gasteiger partial charge in [-0.2, -0.15) is 0 Å². The number of carbonyl (C=O) groups is 3. The van der Waals surface area contributed by atoms with E-state index in [0.717, 1.165) is 167 Å². The molecule has 16 nitrogen and oxygen atoms in total. The first-order valence-corrected chi connectivity index (χ1v) is 50.8. The topological polar surface area (TPSA) is 231 Å². The number of aliphatic hydroxyl groups excluding tert-OH is 2. The van der Waals surface area contributed by atoms with Crippen LogP contribution >= 0.6 is 15.6 Å².